The van der Waals surface area contributed by atoms with Crippen molar-refractivity contribution < 1.29 is 4.42 Å². The molecule has 0 aliphatic carbocycles. The van der Waals surface area contributed by atoms with E-state index in [9.17, 15) is 4.79 Å². The Morgan fingerprint density at radius 2 is 2.21 bits per heavy atom. The molecule has 0 spiro atoms. The third-order valence-corrected chi connectivity index (χ3v) is 2.16. The van der Waals surface area contributed by atoms with Crippen LogP contribution < -0.4 is 5.76 Å². The molecule has 3 rings (SSSR count). The lowest BCUT2D eigenvalue weighted by molar-refractivity contribution is 0.557. The number of aromatic amines is 1. The molecule has 4 nitrogen and oxygen atoms in total. The van der Waals surface area contributed by atoms with Crippen molar-refractivity contribution in [3.05, 3.63) is 41.0 Å². The molecular weight excluding hydrogens is 180 g/mol. The van der Waals surface area contributed by atoms with Crippen molar-refractivity contribution in [2.75, 3.05) is 0 Å². The van der Waals surface area contributed by atoms with Crippen LogP contribution in [0.4, 0.5) is 0 Å². The third-order valence-electron chi connectivity index (χ3n) is 2.16. The number of benzene rings is 1. The zero-order valence-electron chi connectivity index (χ0n) is 7.15. The lowest BCUT2D eigenvalue weighted by Gasteiger charge is -1.94. The van der Waals surface area contributed by atoms with Crippen molar-refractivity contribution in [2.45, 2.75) is 0 Å². The summed E-state index contributed by atoms with van der Waals surface area (Å²) < 4.78 is 5.01. The number of aromatic nitrogens is 2. The lowest BCUT2D eigenvalue weighted by Crippen LogP contribution is -1.92. The first-order chi connectivity index (χ1) is 6.84. The highest BCUT2D eigenvalue weighted by molar-refractivity contribution is 5.99. The molecule has 2 aromatic heterocycles. The number of hydrogen-bond donors (Lipinski definition) is 1. The summed E-state index contributed by atoms with van der Waals surface area (Å²) in [6.45, 7) is 0. The van der Waals surface area contributed by atoms with E-state index in [1.165, 1.54) is 0 Å². The van der Waals surface area contributed by atoms with Gasteiger partial charge < -0.3 is 4.42 Å². The fourth-order valence-electron chi connectivity index (χ4n) is 1.55. The molecule has 0 amide bonds. The topological polar surface area (TPSA) is 58.9 Å². The van der Waals surface area contributed by atoms with E-state index in [0.29, 0.717) is 16.6 Å². The van der Waals surface area contributed by atoms with Gasteiger partial charge in [-0.1, -0.05) is 12.1 Å². The zero-order valence-corrected chi connectivity index (χ0v) is 7.15. The van der Waals surface area contributed by atoms with Crippen LogP contribution in [0.25, 0.3) is 22.0 Å². The molecule has 3 aromatic rings. The van der Waals surface area contributed by atoms with E-state index in [-0.39, 0.29) is 0 Å². The van der Waals surface area contributed by atoms with E-state index in [0.717, 1.165) is 5.39 Å². The molecule has 2 heterocycles. The van der Waals surface area contributed by atoms with E-state index in [2.05, 4.69) is 9.97 Å². The van der Waals surface area contributed by atoms with E-state index in [1.54, 1.807) is 6.20 Å². The van der Waals surface area contributed by atoms with Gasteiger partial charge in [0.15, 0.2) is 5.58 Å². The quantitative estimate of drug-likeness (QED) is 0.581. The van der Waals surface area contributed by atoms with Crippen molar-refractivity contribution in [3.8, 4) is 0 Å². The maximum absolute atomic E-state index is 11.0. The third kappa shape index (κ3) is 0.877. The van der Waals surface area contributed by atoms with Crippen LogP contribution in [0.15, 0.2) is 39.7 Å². The highest BCUT2D eigenvalue weighted by Gasteiger charge is 2.05. The summed E-state index contributed by atoms with van der Waals surface area (Å²) in [7, 11) is 0. The molecule has 0 aliphatic rings. The highest BCUT2D eigenvalue weighted by Crippen LogP contribution is 2.20. The van der Waals surface area contributed by atoms with Crippen LogP contribution in [0.2, 0.25) is 0 Å². The van der Waals surface area contributed by atoms with Crippen molar-refractivity contribution >= 4 is 22.0 Å². The summed E-state index contributed by atoms with van der Waals surface area (Å²) in [5.41, 5.74) is 1.91. The number of nitrogens with zero attached hydrogens (tertiary/aromatic N) is 1. The fourth-order valence-corrected chi connectivity index (χ4v) is 1.55. The Morgan fingerprint density at radius 3 is 3.14 bits per heavy atom. The molecule has 0 fully saturated rings. The van der Waals surface area contributed by atoms with E-state index in [1.807, 2.05) is 24.3 Å². The molecule has 0 radical (unpaired) electrons. The second kappa shape index (κ2) is 2.45. The molecule has 1 aromatic carbocycles. The second-order valence-corrected chi connectivity index (χ2v) is 3.03. The molecule has 0 saturated heterocycles. The highest BCUT2D eigenvalue weighted by atomic mass is 16.4. The summed E-state index contributed by atoms with van der Waals surface area (Å²) in [4.78, 5) is 17.7. The van der Waals surface area contributed by atoms with Crippen molar-refractivity contribution in [1.82, 2.24) is 9.97 Å². The molecule has 0 bridgehead atoms. The number of H-pyrrole nitrogens is 1. The Kier molecular flexibility index (Phi) is 1.28. The normalized spacial score (nSPS) is 11.1. The van der Waals surface area contributed by atoms with E-state index in [4.69, 9.17) is 4.42 Å². The SMILES string of the molecule is O=c1[nH]c2ccc3cccnc3c2o1. The molecule has 68 valence electrons. The monoisotopic (exact) mass is 186 g/mol. The number of fused-ring (bicyclic) bond motifs is 3. The van der Waals surface area contributed by atoms with Gasteiger partial charge in [-0.2, -0.15) is 0 Å². The van der Waals surface area contributed by atoms with Gasteiger partial charge in [0.25, 0.3) is 0 Å². The minimum absolute atomic E-state index is 0.446. The van der Waals surface area contributed by atoms with Gasteiger partial charge in [0.2, 0.25) is 0 Å². The van der Waals surface area contributed by atoms with E-state index >= 15 is 0 Å². The molecule has 0 saturated carbocycles. The molecule has 1 N–H and O–H groups in total. The van der Waals surface area contributed by atoms with Gasteiger partial charge in [0, 0.05) is 11.6 Å². The standard InChI is InChI=1S/C10H6N2O2/c13-10-12-7-4-3-6-2-1-5-11-8(6)9(7)14-10/h1-5H,(H,12,13). The number of hydrogen-bond acceptors (Lipinski definition) is 3. The predicted octanol–water partition coefficient (Wildman–Crippen LogP) is 1.67. The van der Waals surface area contributed by atoms with Gasteiger partial charge in [-0.3, -0.25) is 9.97 Å². The molecule has 4 heteroatoms. The second-order valence-electron chi connectivity index (χ2n) is 3.03. The van der Waals surface area contributed by atoms with Crippen LogP contribution in [-0.4, -0.2) is 9.97 Å². The molecule has 0 atom stereocenters. The Bertz CT molecular complexity index is 666. The Morgan fingerprint density at radius 1 is 1.29 bits per heavy atom. The van der Waals surface area contributed by atoms with Crippen LogP contribution in [0.1, 0.15) is 0 Å². The van der Waals surface area contributed by atoms with E-state index < -0.39 is 5.76 Å². The zero-order chi connectivity index (χ0) is 9.54. The Labute approximate surface area is 78.2 Å². The van der Waals surface area contributed by atoms with Crippen LogP contribution in [-0.2, 0) is 0 Å². The van der Waals surface area contributed by atoms with Crippen LogP contribution in [0, 0.1) is 0 Å². The average molecular weight is 186 g/mol. The largest absolute Gasteiger partial charge is 0.417 e. The molecular formula is C10H6N2O2. The number of rotatable bonds is 0. The number of pyridine rings is 1. The summed E-state index contributed by atoms with van der Waals surface area (Å²) in [5.74, 6) is -0.446. The van der Waals surface area contributed by atoms with Crippen molar-refractivity contribution in [1.29, 1.82) is 0 Å². The maximum Gasteiger partial charge on any atom is 0.417 e. The van der Waals surface area contributed by atoms with Crippen molar-refractivity contribution in [2.24, 2.45) is 0 Å². The Balaban J connectivity index is 2.66. The molecule has 0 unspecified atom stereocenters. The smallest absolute Gasteiger partial charge is 0.406 e. The summed E-state index contributed by atoms with van der Waals surface area (Å²) in [6.07, 6.45) is 1.68. The average Bonchev–Trinajstić information content (AvgIpc) is 2.59. The van der Waals surface area contributed by atoms with Gasteiger partial charge in [-0.05, 0) is 12.1 Å². The maximum atomic E-state index is 11.0. The van der Waals surface area contributed by atoms with Gasteiger partial charge in [-0.25, -0.2) is 4.79 Å². The fraction of sp³-hybridized carbons (Fsp3) is 0. The first kappa shape index (κ1) is 7.32. The van der Waals surface area contributed by atoms with Crippen LogP contribution >= 0.6 is 0 Å². The van der Waals surface area contributed by atoms with Gasteiger partial charge in [0.05, 0.1) is 5.52 Å². The number of nitrogens with one attached hydrogen (secondary N) is 1. The van der Waals surface area contributed by atoms with Crippen LogP contribution in [0.5, 0.6) is 0 Å². The molecule has 0 aliphatic heterocycles. The summed E-state index contributed by atoms with van der Waals surface area (Å²) in [6, 6.07) is 7.48. The Hall–Kier alpha value is -2.10. The summed E-state index contributed by atoms with van der Waals surface area (Å²) >= 11 is 0. The van der Waals surface area contributed by atoms with Gasteiger partial charge in [0.1, 0.15) is 5.52 Å². The first-order valence-electron chi connectivity index (χ1n) is 4.21. The minimum atomic E-state index is -0.446. The number of oxazole rings is 1. The van der Waals surface area contributed by atoms with Gasteiger partial charge in [-0.15, -0.1) is 0 Å². The van der Waals surface area contributed by atoms with Crippen molar-refractivity contribution in [3.63, 3.8) is 0 Å². The van der Waals surface area contributed by atoms with Crippen LogP contribution in [0.3, 0.4) is 0 Å². The first-order valence-corrected chi connectivity index (χ1v) is 4.21. The summed E-state index contributed by atoms with van der Waals surface area (Å²) in [5, 5.41) is 0.961. The van der Waals surface area contributed by atoms with Gasteiger partial charge >= 0.3 is 5.76 Å². The predicted molar refractivity (Wildman–Crippen MR) is 52.1 cm³/mol. The lowest BCUT2D eigenvalue weighted by atomic mass is 10.2. The minimum Gasteiger partial charge on any atom is -0.406 e. The molecule has 14 heavy (non-hydrogen) atoms.